The van der Waals surface area contributed by atoms with Gasteiger partial charge in [0.05, 0.1) is 13.4 Å². The highest BCUT2D eigenvalue weighted by atomic mass is 16.5. The van der Waals surface area contributed by atoms with Gasteiger partial charge in [-0.2, -0.15) is 4.98 Å². The van der Waals surface area contributed by atoms with E-state index in [4.69, 9.17) is 18.4 Å². The lowest BCUT2D eigenvalue weighted by molar-refractivity contribution is -0.118. The van der Waals surface area contributed by atoms with Crippen molar-refractivity contribution >= 4 is 23.2 Å². The third kappa shape index (κ3) is 6.00. The highest BCUT2D eigenvalue weighted by Gasteiger charge is 2.13. The molecule has 4 aromatic rings. The van der Waals surface area contributed by atoms with Crippen molar-refractivity contribution in [3.8, 4) is 23.1 Å². The number of hydrogen-bond donors (Lipinski definition) is 2. The van der Waals surface area contributed by atoms with E-state index in [1.54, 1.807) is 54.6 Å². The average Bonchev–Trinajstić information content (AvgIpc) is 3.54. The SMILES string of the molecule is COc1ccccc1OCC(=O)Nc1cccc(NC(=O)CCc2nc(-c3ccco3)no2)c1. The highest BCUT2D eigenvalue weighted by Crippen LogP contribution is 2.25. The summed E-state index contributed by atoms with van der Waals surface area (Å²) < 4.78 is 21.1. The van der Waals surface area contributed by atoms with Crippen LogP contribution in [0.3, 0.4) is 0 Å². The lowest BCUT2D eigenvalue weighted by Gasteiger charge is -2.11. The zero-order valence-corrected chi connectivity index (χ0v) is 18.3. The van der Waals surface area contributed by atoms with E-state index in [0.717, 1.165) is 0 Å². The first-order chi connectivity index (χ1) is 16.6. The number of rotatable bonds is 10. The molecule has 2 aromatic carbocycles. The zero-order chi connectivity index (χ0) is 23.8. The Labute approximate surface area is 194 Å². The van der Waals surface area contributed by atoms with Gasteiger partial charge in [0.15, 0.2) is 23.9 Å². The number of carbonyl (C=O) groups is 2. The van der Waals surface area contributed by atoms with Crippen LogP contribution in [-0.4, -0.2) is 35.7 Å². The van der Waals surface area contributed by atoms with Gasteiger partial charge in [-0.15, -0.1) is 0 Å². The number of carbonyl (C=O) groups excluding carboxylic acids is 2. The number of anilines is 2. The van der Waals surface area contributed by atoms with E-state index in [9.17, 15) is 9.59 Å². The number of furan rings is 1. The van der Waals surface area contributed by atoms with Crippen molar-refractivity contribution in [2.24, 2.45) is 0 Å². The molecule has 2 N–H and O–H groups in total. The van der Waals surface area contributed by atoms with Crippen molar-refractivity contribution in [3.05, 3.63) is 72.8 Å². The molecule has 0 atom stereocenters. The normalized spacial score (nSPS) is 10.5. The minimum Gasteiger partial charge on any atom is -0.493 e. The topological polar surface area (TPSA) is 129 Å². The third-order valence-corrected chi connectivity index (χ3v) is 4.63. The molecular formula is C24H22N4O6. The van der Waals surface area contributed by atoms with E-state index in [1.807, 2.05) is 6.07 Å². The van der Waals surface area contributed by atoms with Crippen LogP contribution in [-0.2, 0) is 16.0 Å². The van der Waals surface area contributed by atoms with Crippen molar-refractivity contribution < 1.29 is 28.0 Å². The number of hydrogen-bond acceptors (Lipinski definition) is 8. The number of amides is 2. The number of nitrogens with zero attached hydrogens (tertiary/aromatic N) is 2. The fourth-order valence-corrected chi connectivity index (χ4v) is 3.06. The molecule has 174 valence electrons. The lowest BCUT2D eigenvalue weighted by Crippen LogP contribution is -2.20. The second-order valence-corrected chi connectivity index (χ2v) is 7.11. The van der Waals surface area contributed by atoms with Crippen LogP contribution in [0.15, 0.2) is 75.9 Å². The van der Waals surface area contributed by atoms with Gasteiger partial charge in [-0.1, -0.05) is 23.4 Å². The lowest BCUT2D eigenvalue weighted by atomic mass is 10.2. The smallest absolute Gasteiger partial charge is 0.262 e. The molecule has 10 nitrogen and oxygen atoms in total. The van der Waals surface area contributed by atoms with Crippen LogP contribution < -0.4 is 20.1 Å². The Morgan fingerprint density at radius 1 is 0.941 bits per heavy atom. The maximum absolute atomic E-state index is 12.3. The van der Waals surface area contributed by atoms with Crippen LogP contribution >= 0.6 is 0 Å². The molecule has 34 heavy (non-hydrogen) atoms. The summed E-state index contributed by atoms with van der Waals surface area (Å²) in [6.07, 6.45) is 1.93. The van der Waals surface area contributed by atoms with Crippen LogP contribution in [0.1, 0.15) is 12.3 Å². The van der Waals surface area contributed by atoms with Crippen molar-refractivity contribution in [2.45, 2.75) is 12.8 Å². The Morgan fingerprint density at radius 3 is 2.44 bits per heavy atom. The second-order valence-electron chi connectivity index (χ2n) is 7.11. The molecule has 0 saturated carbocycles. The molecule has 2 amide bonds. The number of para-hydroxylation sites is 2. The molecule has 0 bridgehead atoms. The molecule has 2 aromatic heterocycles. The predicted octanol–water partition coefficient (Wildman–Crippen LogP) is 3.93. The minimum absolute atomic E-state index is 0.142. The van der Waals surface area contributed by atoms with Crippen LogP contribution in [0.25, 0.3) is 11.6 Å². The maximum atomic E-state index is 12.3. The molecule has 0 spiro atoms. The summed E-state index contributed by atoms with van der Waals surface area (Å²) in [5.41, 5.74) is 1.06. The van der Waals surface area contributed by atoms with Gasteiger partial charge in [0.2, 0.25) is 17.6 Å². The Bertz CT molecular complexity index is 1250. The fourth-order valence-electron chi connectivity index (χ4n) is 3.06. The summed E-state index contributed by atoms with van der Waals surface area (Å²) >= 11 is 0. The molecule has 0 saturated heterocycles. The van der Waals surface area contributed by atoms with Gasteiger partial charge in [0.1, 0.15) is 0 Å². The molecule has 0 aliphatic carbocycles. The van der Waals surface area contributed by atoms with Crippen LogP contribution in [0.4, 0.5) is 11.4 Å². The number of aryl methyl sites for hydroxylation is 1. The first kappa shape index (κ1) is 22.6. The Morgan fingerprint density at radius 2 is 1.71 bits per heavy atom. The fraction of sp³-hybridized carbons (Fsp3) is 0.167. The van der Waals surface area contributed by atoms with Crippen molar-refractivity contribution in [3.63, 3.8) is 0 Å². The van der Waals surface area contributed by atoms with E-state index in [2.05, 4.69) is 20.8 Å². The average molecular weight is 462 g/mol. The van der Waals surface area contributed by atoms with Crippen molar-refractivity contribution in [2.75, 3.05) is 24.4 Å². The monoisotopic (exact) mass is 462 g/mol. The van der Waals surface area contributed by atoms with Gasteiger partial charge in [-0.25, -0.2) is 0 Å². The van der Waals surface area contributed by atoms with Gasteiger partial charge < -0.3 is 29.0 Å². The number of ether oxygens (including phenoxy) is 2. The van der Waals surface area contributed by atoms with Crippen molar-refractivity contribution in [1.29, 1.82) is 0 Å². The predicted molar refractivity (Wildman–Crippen MR) is 123 cm³/mol. The van der Waals surface area contributed by atoms with E-state index >= 15 is 0 Å². The van der Waals surface area contributed by atoms with Crippen LogP contribution in [0.2, 0.25) is 0 Å². The highest BCUT2D eigenvalue weighted by molar-refractivity contribution is 5.94. The van der Waals surface area contributed by atoms with E-state index < -0.39 is 0 Å². The first-order valence-corrected chi connectivity index (χ1v) is 10.4. The molecule has 0 aliphatic rings. The largest absolute Gasteiger partial charge is 0.493 e. The zero-order valence-electron chi connectivity index (χ0n) is 18.3. The Balaban J connectivity index is 1.25. The molecule has 0 radical (unpaired) electrons. The second kappa shape index (κ2) is 10.8. The molecule has 0 fully saturated rings. The van der Waals surface area contributed by atoms with E-state index in [1.165, 1.54) is 13.4 Å². The molecular weight excluding hydrogens is 440 g/mol. The summed E-state index contributed by atoms with van der Waals surface area (Å²) in [4.78, 5) is 28.8. The van der Waals surface area contributed by atoms with E-state index in [0.29, 0.717) is 40.3 Å². The first-order valence-electron chi connectivity index (χ1n) is 10.4. The Hall–Kier alpha value is -4.60. The summed E-state index contributed by atoms with van der Waals surface area (Å²) in [6.45, 7) is -0.193. The summed E-state index contributed by atoms with van der Waals surface area (Å²) in [5, 5.41) is 9.36. The van der Waals surface area contributed by atoms with E-state index in [-0.39, 0.29) is 31.3 Å². The third-order valence-electron chi connectivity index (χ3n) is 4.63. The van der Waals surface area contributed by atoms with Crippen LogP contribution in [0.5, 0.6) is 11.5 Å². The van der Waals surface area contributed by atoms with Crippen LogP contribution in [0, 0.1) is 0 Å². The molecule has 2 heterocycles. The summed E-state index contributed by atoms with van der Waals surface area (Å²) in [7, 11) is 1.53. The number of nitrogens with one attached hydrogen (secondary N) is 2. The molecule has 0 aliphatic heterocycles. The minimum atomic E-state index is -0.349. The van der Waals surface area contributed by atoms with Gasteiger partial charge in [0.25, 0.3) is 5.91 Å². The quantitative estimate of drug-likeness (QED) is 0.363. The number of aromatic nitrogens is 2. The molecule has 10 heteroatoms. The summed E-state index contributed by atoms with van der Waals surface area (Å²) in [6, 6.07) is 17.3. The number of methoxy groups -OCH3 is 1. The number of benzene rings is 2. The standard InChI is InChI=1S/C24H22N4O6/c1-31-18-8-2-3-9-19(18)33-15-22(30)26-17-7-4-6-16(14-17)25-21(29)11-12-23-27-24(28-34-23)20-10-5-13-32-20/h2-10,13-14H,11-12,15H2,1H3,(H,25,29)(H,26,30). The summed E-state index contributed by atoms with van der Waals surface area (Å²) in [5.74, 6) is 1.58. The molecule has 4 rings (SSSR count). The van der Waals surface area contributed by atoms with Gasteiger partial charge in [-0.05, 0) is 42.5 Å². The maximum Gasteiger partial charge on any atom is 0.262 e. The van der Waals surface area contributed by atoms with Crippen molar-refractivity contribution in [1.82, 2.24) is 10.1 Å². The van der Waals surface area contributed by atoms with Gasteiger partial charge in [0, 0.05) is 24.2 Å². The Kier molecular flexibility index (Phi) is 7.19. The molecule has 0 unspecified atom stereocenters. The van der Waals surface area contributed by atoms with Gasteiger partial charge in [-0.3, -0.25) is 9.59 Å². The van der Waals surface area contributed by atoms with Gasteiger partial charge >= 0.3 is 0 Å².